The van der Waals surface area contributed by atoms with Gasteiger partial charge >= 0.3 is 0 Å². The van der Waals surface area contributed by atoms with E-state index in [4.69, 9.17) is 5.73 Å². The minimum Gasteiger partial charge on any atom is -0.364 e. The van der Waals surface area contributed by atoms with Crippen LogP contribution in [0.3, 0.4) is 0 Å². The number of anilines is 1. The topological polar surface area (TPSA) is 117 Å². The van der Waals surface area contributed by atoms with E-state index in [2.05, 4.69) is 26.3 Å². The van der Waals surface area contributed by atoms with Crippen molar-refractivity contribution in [1.29, 1.82) is 0 Å². The van der Waals surface area contributed by atoms with Crippen LogP contribution in [-0.2, 0) is 0 Å². The first-order valence-electron chi connectivity index (χ1n) is 8.26. The van der Waals surface area contributed by atoms with Gasteiger partial charge in [-0.15, -0.1) is 11.3 Å². The molecule has 0 spiro atoms. The summed E-state index contributed by atoms with van der Waals surface area (Å²) in [5.74, 6) is -0.787. The number of thiazole rings is 1. The number of aryl methyl sites for hydroxylation is 2. The predicted octanol–water partition coefficient (Wildman–Crippen LogP) is 3.59. The Morgan fingerprint density at radius 2 is 1.96 bits per heavy atom. The third-order valence-electron chi connectivity index (χ3n) is 4.30. The van der Waals surface area contributed by atoms with E-state index in [-0.39, 0.29) is 5.91 Å². The van der Waals surface area contributed by atoms with Gasteiger partial charge in [0.1, 0.15) is 11.4 Å². The molecular weight excluding hydrogens is 362 g/mol. The van der Waals surface area contributed by atoms with Crippen LogP contribution in [0.5, 0.6) is 0 Å². The second kappa shape index (κ2) is 6.40. The first kappa shape index (κ1) is 17.0. The number of carbonyl (C=O) groups excluding carboxylic acids is 2. The summed E-state index contributed by atoms with van der Waals surface area (Å²) in [4.78, 5) is 34.1. The molecule has 0 atom stereocenters. The number of H-pyrrole nitrogens is 2. The first-order valence-corrected chi connectivity index (χ1v) is 9.14. The van der Waals surface area contributed by atoms with Crippen molar-refractivity contribution in [3.05, 3.63) is 58.4 Å². The summed E-state index contributed by atoms with van der Waals surface area (Å²) in [6.45, 7) is 4.05. The molecule has 27 heavy (non-hydrogen) atoms. The van der Waals surface area contributed by atoms with Gasteiger partial charge in [0.05, 0.1) is 5.69 Å². The van der Waals surface area contributed by atoms with Crippen LogP contribution in [0.4, 0.5) is 5.13 Å². The summed E-state index contributed by atoms with van der Waals surface area (Å²) >= 11 is 1.31. The van der Waals surface area contributed by atoms with Crippen LogP contribution >= 0.6 is 11.3 Å². The lowest BCUT2D eigenvalue weighted by Gasteiger charge is -1.98. The van der Waals surface area contributed by atoms with Crippen LogP contribution < -0.4 is 11.1 Å². The molecule has 0 aliphatic carbocycles. The highest BCUT2D eigenvalue weighted by molar-refractivity contribution is 7.14. The van der Waals surface area contributed by atoms with Gasteiger partial charge in [-0.1, -0.05) is 6.07 Å². The summed E-state index contributed by atoms with van der Waals surface area (Å²) in [6, 6.07) is 7.58. The van der Waals surface area contributed by atoms with Crippen molar-refractivity contribution < 1.29 is 9.59 Å². The maximum atomic E-state index is 12.6. The number of amides is 2. The van der Waals surface area contributed by atoms with Gasteiger partial charge in [0, 0.05) is 28.0 Å². The molecule has 1 aromatic carbocycles. The van der Waals surface area contributed by atoms with E-state index >= 15 is 0 Å². The number of hydrogen-bond acceptors (Lipinski definition) is 4. The Hall–Kier alpha value is -3.39. The monoisotopic (exact) mass is 379 g/mol. The Balaban J connectivity index is 1.56. The van der Waals surface area contributed by atoms with Gasteiger partial charge in [-0.2, -0.15) is 0 Å². The lowest BCUT2D eigenvalue weighted by Crippen LogP contribution is -2.11. The lowest BCUT2D eigenvalue weighted by molar-refractivity contribution is 0.0993. The second-order valence-electron chi connectivity index (χ2n) is 6.38. The predicted molar refractivity (Wildman–Crippen MR) is 106 cm³/mol. The molecule has 2 amide bonds. The molecule has 0 saturated carbocycles. The summed E-state index contributed by atoms with van der Waals surface area (Å²) in [5, 5.41) is 6.12. The summed E-state index contributed by atoms with van der Waals surface area (Å²) in [7, 11) is 0. The number of nitrogens with zero attached hydrogens (tertiary/aromatic N) is 1. The minimum absolute atomic E-state index is 0.254. The third-order valence-corrected chi connectivity index (χ3v) is 5.06. The number of primary amides is 1. The molecule has 0 aliphatic rings. The number of carbonyl (C=O) groups is 2. The van der Waals surface area contributed by atoms with Gasteiger partial charge in [0.2, 0.25) is 0 Å². The number of benzene rings is 1. The Morgan fingerprint density at radius 3 is 2.70 bits per heavy atom. The standard InChI is InChI=1S/C19H17N5O2S/c1-9-3-10(2)12-6-15(22-13(12)4-9)18(26)24-19-23-16(8-27-19)11-5-14(17(20)25)21-7-11/h3-8,21-22H,1-2H3,(H2,20,25)(H,23,24,26). The molecule has 0 saturated heterocycles. The first-order chi connectivity index (χ1) is 12.9. The zero-order valence-corrected chi connectivity index (χ0v) is 15.5. The summed E-state index contributed by atoms with van der Waals surface area (Å²) in [5.41, 5.74) is 10.6. The number of rotatable bonds is 4. The van der Waals surface area contributed by atoms with Gasteiger partial charge < -0.3 is 15.7 Å². The molecule has 4 aromatic rings. The Labute approximate surface area is 158 Å². The van der Waals surface area contributed by atoms with E-state index in [1.165, 1.54) is 11.3 Å². The highest BCUT2D eigenvalue weighted by atomic mass is 32.1. The highest BCUT2D eigenvalue weighted by Crippen LogP contribution is 2.26. The number of aromatic amines is 2. The third kappa shape index (κ3) is 3.22. The molecule has 0 fully saturated rings. The molecule has 136 valence electrons. The van der Waals surface area contributed by atoms with Gasteiger partial charge in [-0.05, 0) is 43.2 Å². The molecule has 5 N–H and O–H groups in total. The molecule has 3 heterocycles. The van der Waals surface area contributed by atoms with Crippen molar-refractivity contribution in [2.45, 2.75) is 13.8 Å². The molecule has 7 nitrogen and oxygen atoms in total. The number of fused-ring (bicyclic) bond motifs is 1. The number of nitrogens with two attached hydrogens (primary N) is 1. The Morgan fingerprint density at radius 1 is 1.15 bits per heavy atom. The molecule has 3 aromatic heterocycles. The maximum Gasteiger partial charge on any atom is 0.273 e. The molecule has 4 rings (SSSR count). The smallest absolute Gasteiger partial charge is 0.273 e. The van der Waals surface area contributed by atoms with Crippen molar-refractivity contribution in [2.75, 3.05) is 5.32 Å². The number of hydrogen-bond donors (Lipinski definition) is 4. The van der Waals surface area contributed by atoms with Crippen molar-refractivity contribution >= 4 is 39.2 Å². The number of nitrogens with one attached hydrogen (secondary N) is 3. The molecule has 0 aliphatic heterocycles. The van der Waals surface area contributed by atoms with E-state index in [1.54, 1.807) is 12.3 Å². The van der Waals surface area contributed by atoms with E-state index in [0.29, 0.717) is 22.2 Å². The Bertz CT molecular complexity index is 1180. The average Bonchev–Trinajstić information content (AvgIpc) is 3.33. The zero-order chi connectivity index (χ0) is 19.1. The van der Waals surface area contributed by atoms with E-state index in [0.717, 1.165) is 27.6 Å². The van der Waals surface area contributed by atoms with Crippen LogP contribution in [0.2, 0.25) is 0 Å². The van der Waals surface area contributed by atoms with E-state index in [1.807, 2.05) is 31.4 Å². The summed E-state index contributed by atoms with van der Waals surface area (Å²) in [6.07, 6.45) is 1.66. The summed E-state index contributed by atoms with van der Waals surface area (Å²) < 4.78 is 0. The molecule has 8 heteroatoms. The SMILES string of the molecule is Cc1cc(C)c2cc(C(=O)Nc3nc(-c4c[nH]c(C(N)=O)c4)cs3)[nH]c2c1. The van der Waals surface area contributed by atoms with Crippen molar-refractivity contribution in [2.24, 2.45) is 5.73 Å². The molecule has 0 unspecified atom stereocenters. The number of aromatic nitrogens is 3. The minimum atomic E-state index is -0.533. The van der Waals surface area contributed by atoms with E-state index in [9.17, 15) is 9.59 Å². The van der Waals surface area contributed by atoms with Crippen molar-refractivity contribution in [3.8, 4) is 11.3 Å². The van der Waals surface area contributed by atoms with Crippen molar-refractivity contribution in [1.82, 2.24) is 15.0 Å². The fraction of sp³-hybridized carbons (Fsp3) is 0.105. The van der Waals surface area contributed by atoms with Crippen LogP contribution in [0.1, 0.15) is 32.1 Å². The second-order valence-corrected chi connectivity index (χ2v) is 7.24. The molecule has 0 bridgehead atoms. The lowest BCUT2D eigenvalue weighted by atomic mass is 10.1. The fourth-order valence-electron chi connectivity index (χ4n) is 3.03. The van der Waals surface area contributed by atoms with Crippen LogP contribution in [0, 0.1) is 13.8 Å². The quantitative estimate of drug-likeness (QED) is 0.434. The highest BCUT2D eigenvalue weighted by Gasteiger charge is 2.14. The molecule has 0 radical (unpaired) electrons. The average molecular weight is 379 g/mol. The largest absolute Gasteiger partial charge is 0.364 e. The fourth-order valence-corrected chi connectivity index (χ4v) is 3.75. The van der Waals surface area contributed by atoms with Gasteiger partial charge in [-0.3, -0.25) is 14.9 Å². The molecular formula is C19H17N5O2S. The van der Waals surface area contributed by atoms with Gasteiger partial charge in [-0.25, -0.2) is 4.98 Å². The van der Waals surface area contributed by atoms with Gasteiger partial charge in [0.15, 0.2) is 5.13 Å². The van der Waals surface area contributed by atoms with E-state index < -0.39 is 5.91 Å². The maximum absolute atomic E-state index is 12.6. The van der Waals surface area contributed by atoms with Crippen molar-refractivity contribution in [3.63, 3.8) is 0 Å². The van der Waals surface area contributed by atoms with Crippen LogP contribution in [0.25, 0.3) is 22.2 Å². The van der Waals surface area contributed by atoms with Crippen LogP contribution in [0.15, 0.2) is 35.8 Å². The Kier molecular flexibility index (Phi) is 4.04. The van der Waals surface area contributed by atoms with Gasteiger partial charge in [0.25, 0.3) is 11.8 Å². The van der Waals surface area contributed by atoms with Crippen LogP contribution in [-0.4, -0.2) is 26.8 Å². The normalized spacial score (nSPS) is 11.0. The zero-order valence-electron chi connectivity index (χ0n) is 14.7.